The maximum Gasteiger partial charge on any atom is 0.238 e. The lowest BCUT2D eigenvalue weighted by Gasteiger charge is -2.22. The number of hydrogen-bond donors (Lipinski definition) is 2. The molecule has 4 nitrogen and oxygen atoms in total. The molecule has 1 amide bonds. The van der Waals surface area contributed by atoms with E-state index in [4.69, 9.17) is 0 Å². The maximum absolute atomic E-state index is 11.8. The van der Waals surface area contributed by atoms with Crippen LogP contribution < -0.4 is 10.6 Å². The number of carbonyl (C=O) groups is 1. The number of hydrogen-bond acceptors (Lipinski definition) is 3. The van der Waals surface area contributed by atoms with Crippen molar-refractivity contribution < 1.29 is 4.79 Å². The average Bonchev–Trinajstić information content (AvgIpc) is 2.73. The Balaban J connectivity index is 1.81. The van der Waals surface area contributed by atoms with Crippen LogP contribution in [0.5, 0.6) is 0 Å². The van der Waals surface area contributed by atoms with Crippen molar-refractivity contribution in [2.45, 2.75) is 12.6 Å². The molecule has 2 N–H and O–H groups in total. The fourth-order valence-corrected chi connectivity index (χ4v) is 2.65. The summed E-state index contributed by atoms with van der Waals surface area (Å²) in [6.45, 7) is 1.53. The van der Waals surface area contributed by atoms with Gasteiger partial charge in [-0.15, -0.1) is 0 Å². The molecule has 0 spiro atoms. The molecule has 0 aromatic carbocycles. The van der Waals surface area contributed by atoms with Gasteiger partial charge in [0.1, 0.15) is 0 Å². The van der Waals surface area contributed by atoms with E-state index < -0.39 is 0 Å². The summed E-state index contributed by atoms with van der Waals surface area (Å²) in [6, 6.07) is 3.97. The highest BCUT2D eigenvalue weighted by Crippen LogP contribution is 2.07. The number of aryl methyl sites for hydroxylation is 1. The lowest BCUT2D eigenvalue weighted by Crippen LogP contribution is -2.48. The summed E-state index contributed by atoms with van der Waals surface area (Å²) in [6.07, 6.45) is 1.98. The van der Waals surface area contributed by atoms with Crippen molar-refractivity contribution in [2.75, 3.05) is 18.1 Å². The number of amides is 1. The van der Waals surface area contributed by atoms with Gasteiger partial charge in [-0.1, -0.05) is 0 Å². The van der Waals surface area contributed by atoms with Crippen LogP contribution in [0.25, 0.3) is 0 Å². The van der Waals surface area contributed by atoms with Crippen LogP contribution in [-0.4, -0.2) is 34.6 Å². The third kappa shape index (κ3) is 2.80. The molecule has 88 valence electrons. The summed E-state index contributed by atoms with van der Waals surface area (Å²) in [5.74, 6) is 2.08. The van der Waals surface area contributed by atoms with Gasteiger partial charge < -0.3 is 15.2 Å². The average molecular weight is 239 g/mol. The van der Waals surface area contributed by atoms with E-state index in [1.54, 1.807) is 0 Å². The molecule has 0 bridgehead atoms. The molecule has 0 saturated carbocycles. The topological polar surface area (TPSA) is 46.1 Å². The standard InChI is InChI=1S/C11H17N3OS/c1-14-5-2-3-9(14)7-13-11(15)10-8-16-6-4-12-10/h2-3,5,10,12H,4,6-8H2,1H3,(H,13,15). The summed E-state index contributed by atoms with van der Waals surface area (Å²) in [4.78, 5) is 11.8. The highest BCUT2D eigenvalue weighted by Gasteiger charge is 2.20. The molecule has 1 fully saturated rings. The summed E-state index contributed by atoms with van der Waals surface area (Å²) < 4.78 is 2.02. The summed E-state index contributed by atoms with van der Waals surface area (Å²) in [5, 5.41) is 6.18. The molecule has 1 atom stereocenters. The predicted octanol–water partition coefficient (Wildman–Crippen LogP) is 0.346. The number of thioether (sulfide) groups is 1. The van der Waals surface area contributed by atoms with Crippen LogP contribution in [0, 0.1) is 0 Å². The lowest BCUT2D eigenvalue weighted by atomic mass is 10.3. The molecule has 1 unspecified atom stereocenters. The lowest BCUT2D eigenvalue weighted by molar-refractivity contribution is -0.122. The molecule has 1 aliphatic heterocycles. The molecule has 1 saturated heterocycles. The molecule has 1 aromatic heterocycles. The molecule has 0 aliphatic carbocycles. The fourth-order valence-electron chi connectivity index (χ4n) is 1.71. The van der Waals surface area contributed by atoms with Gasteiger partial charge in [-0.3, -0.25) is 4.79 Å². The largest absolute Gasteiger partial charge is 0.353 e. The van der Waals surface area contributed by atoms with E-state index in [2.05, 4.69) is 10.6 Å². The quantitative estimate of drug-likeness (QED) is 0.800. The number of nitrogens with zero attached hydrogens (tertiary/aromatic N) is 1. The van der Waals surface area contributed by atoms with Crippen LogP contribution in [0.15, 0.2) is 18.3 Å². The molecule has 0 radical (unpaired) electrons. The normalized spacial score (nSPS) is 20.7. The van der Waals surface area contributed by atoms with Crippen molar-refractivity contribution in [3.63, 3.8) is 0 Å². The Morgan fingerprint density at radius 3 is 3.25 bits per heavy atom. The van der Waals surface area contributed by atoms with Crippen LogP contribution in [0.3, 0.4) is 0 Å². The first-order valence-electron chi connectivity index (χ1n) is 5.46. The molecule has 16 heavy (non-hydrogen) atoms. The van der Waals surface area contributed by atoms with E-state index in [1.807, 2.05) is 41.7 Å². The fraction of sp³-hybridized carbons (Fsp3) is 0.545. The molecule has 1 aliphatic rings. The number of nitrogens with one attached hydrogen (secondary N) is 2. The van der Waals surface area contributed by atoms with Gasteiger partial charge in [0.15, 0.2) is 0 Å². The van der Waals surface area contributed by atoms with Gasteiger partial charge in [-0.25, -0.2) is 0 Å². The molecule has 2 heterocycles. The zero-order chi connectivity index (χ0) is 11.4. The number of rotatable bonds is 3. The highest BCUT2D eigenvalue weighted by molar-refractivity contribution is 7.99. The Morgan fingerprint density at radius 1 is 1.75 bits per heavy atom. The monoisotopic (exact) mass is 239 g/mol. The minimum absolute atomic E-state index is 0.0287. The van der Waals surface area contributed by atoms with E-state index in [9.17, 15) is 4.79 Å². The Labute approximate surface area is 99.8 Å². The van der Waals surface area contributed by atoms with E-state index in [0.717, 1.165) is 23.7 Å². The van der Waals surface area contributed by atoms with Crippen molar-refractivity contribution in [1.82, 2.24) is 15.2 Å². The number of aromatic nitrogens is 1. The first-order valence-corrected chi connectivity index (χ1v) is 6.62. The van der Waals surface area contributed by atoms with Crippen molar-refractivity contribution in [3.05, 3.63) is 24.0 Å². The van der Waals surface area contributed by atoms with Crippen LogP contribution in [-0.2, 0) is 18.4 Å². The molecule has 5 heteroatoms. The molecule has 2 rings (SSSR count). The second-order valence-electron chi connectivity index (χ2n) is 3.91. The van der Waals surface area contributed by atoms with Gasteiger partial charge in [0, 0.05) is 37.0 Å². The Bertz CT molecular complexity index is 358. The van der Waals surface area contributed by atoms with Gasteiger partial charge in [0.2, 0.25) is 5.91 Å². The molecular formula is C11H17N3OS. The highest BCUT2D eigenvalue weighted by atomic mass is 32.2. The summed E-state index contributed by atoms with van der Waals surface area (Å²) >= 11 is 1.83. The van der Waals surface area contributed by atoms with Gasteiger partial charge in [0.05, 0.1) is 12.6 Å². The maximum atomic E-state index is 11.8. The van der Waals surface area contributed by atoms with Crippen molar-refractivity contribution in [3.8, 4) is 0 Å². The minimum atomic E-state index is -0.0287. The Hall–Kier alpha value is -0.940. The van der Waals surface area contributed by atoms with Crippen LogP contribution in [0.2, 0.25) is 0 Å². The first kappa shape index (κ1) is 11.5. The molecule has 1 aromatic rings. The Morgan fingerprint density at radius 2 is 2.62 bits per heavy atom. The minimum Gasteiger partial charge on any atom is -0.353 e. The first-order chi connectivity index (χ1) is 7.77. The van der Waals surface area contributed by atoms with E-state index in [0.29, 0.717) is 6.54 Å². The zero-order valence-corrected chi connectivity index (χ0v) is 10.2. The van der Waals surface area contributed by atoms with Gasteiger partial charge >= 0.3 is 0 Å². The summed E-state index contributed by atoms with van der Waals surface area (Å²) in [7, 11) is 1.98. The van der Waals surface area contributed by atoms with Gasteiger partial charge in [-0.2, -0.15) is 11.8 Å². The second-order valence-corrected chi connectivity index (χ2v) is 5.06. The second kappa shape index (κ2) is 5.41. The number of carbonyl (C=O) groups excluding carboxylic acids is 1. The van der Waals surface area contributed by atoms with Crippen molar-refractivity contribution in [2.24, 2.45) is 7.05 Å². The van der Waals surface area contributed by atoms with E-state index >= 15 is 0 Å². The van der Waals surface area contributed by atoms with Crippen molar-refractivity contribution >= 4 is 17.7 Å². The van der Waals surface area contributed by atoms with Gasteiger partial charge in [-0.05, 0) is 12.1 Å². The third-order valence-electron chi connectivity index (χ3n) is 2.73. The van der Waals surface area contributed by atoms with Crippen LogP contribution in [0.1, 0.15) is 5.69 Å². The zero-order valence-electron chi connectivity index (χ0n) is 9.40. The van der Waals surface area contributed by atoms with Crippen LogP contribution in [0.4, 0.5) is 0 Å². The van der Waals surface area contributed by atoms with Crippen LogP contribution >= 0.6 is 11.8 Å². The SMILES string of the molecule is Cn1cccc1CNC(=O)C1CSCCN1. The summed E-state index contributed by atoms with van der Waals surface area (Å²) in [5.41, 5.74) is 1.12. The Kier molecular flexibility index (Phi) is 3.90. The van der Waals surface area contributed by atoms with E-state index in [1.165, 1.54) is 0 Å². The smallest absolute Gasteiger partial charge is 0.238 e. The van der Waals surface area contributed by atoms with E-state index in [-0.39, 0.29) is 11.9 Å². The predicted molar refractivity (Wildman–Crippen MR) is 66.4 cm³/mol. The third-order valence-corrected chi connectivity index (χ3v) is 3.80. The van der Waals surface area contributed by atoms with Gasteiger partial charge in [0.25, 0.3) is 0 Å². The molecular weight excluding hydrogens is 222 g/mol. The van der Waals surface area contributed by atoms with Crippen molar-refractivity contribution in [1.29, 1.82) is 0 Å².